The number of methoxy groups -OCH3 is 1. The Morgan fingerprint density at radius 1 is 0.920 bits per heavy atom. The summed E-state index contributed by atoms with van der Waals surface area (Å²) in [5, 5.41) is 16.9. The topological polar surface area (TPSA) is 117 Å². The standard InChI is InChI=1S/C8H6N4O.C6Cl2N4/c1-5-8(13-3)12-6(4-9)7(10-2)11-5;1-10-6-3(2-9)11-4(7)5(8)12-6/h1,3H3;. The lowest BCUT2D eigenvalue weighted by Crippen LogP contribution is -1.97. The highest BCUT2D eigenvalue weighted by atomic mass is 35.5. The maximum atomic E-state index is 8.61. The first kappa shape index (κ1) is 19.5. The fourth-order valence-corrected chi connectivity index (χ4v) is 1.63. The van der Waals surface area contributed by atoms with Gasteiger partial charge in [0.05, 0.1) is 7.11 Å². The summed E-state index contributed by atoms with van der Waals surface area (Å²) in [4.78, 5) is 20.8. The largest absolute Gasteiger partial charge is 0.478 e. The molecule has 2 aromatic heterocycles. The molecule has 0 aliphatic carbocycles. The van der Waals surface area contributed by atoms with Gasteiger partial charge in [0.25, 0.3) is 11.0 Å². The van der Waals surface area contributed by atoms with Gasteiger partial charge in [0, 0.05) is 6.92 Å². The number of nitrogens with zero attached hydrogens (tertiary/aromatic N) is 8. The molecule has 0 radical (unpaired) electrons. The lowest BCUT2D eigenvalue weighted by Gasteiger charge is -2.00. The smallest absolute Gasteiger partial charge is 0.307 e. The first-order valence-electron chi connectivity index (χ1n) is 6.12. The Balaban J connectivity index is 0.000000251. The maximum Gasteiger partial charge on any atom is 0.307 e. The zero-order chi connectivity index (χ0) is 19.0. The molecule has 122 valence electrons. The van der Waals surface area contributed by atoms with Crippen molar-refractivity contribution in [3.63, 3.8) is 0 Å². The molecule has 0 fully saturated rings. The molecular formula is C14H6Cl2N8O. The molecule has 2 rings (SSSR count). The highest BCUT2D eigenvalue weighted by molar-refractivity contribution is 6.40. The molecule has 0 N–H and O–H groups in total. The predicted octanol–water partition coefficient (Wildman–Crippen LogP) is 3.42. The molecule has 0 aliphatic heterocycles. The third-order valence-corrected chi connectivity index (χ3v) is 3.05. The Hall–Kier alpha value is -3.50. The first-order chi connectivity index (χ1) is 11.9. The van der Waals surface area contributed by atoms with Crippen LogP contribution in [0, 0.1) is 42.7 Å². The summed E-state index contributed by atoms with van der Waals surface area (Å²) in [5.74, 6) is 0.164. The van der Waals surface area contributed by atoms with Gasteiger partial charge in [0.2, 0.25) is 0 Å². The van der Waals surface area contributed by atoms with Crippen LogP contribution < -0.4 is 4.74 Å². The van der Waals surface area contributed by atoms with Crippen LogP contribution in [-0.2, 0) is 0 Å². The molecule has 0 unspecified atom stereocenters. The van der Waals surface area contributed by atoms with Crippen molar-refractivity contribution in [1.82, 2.24) is 19.9 Å². The Bertz CT molecular complexity index is 940. The Morgan fingerprint density at radius 2 is 1.40 bits per heavy atom. The van der Waals surface area contributed by atoms with Crippen LogP contribution in [0.2, 0.25) is 10.3 Å². The van der Waals surface area contributed by atoms with E-state index in [0.717, 1.165) is 0 Å². The summed E-state index contributed by atoms with van der Waals surface area (Å²) in [5.41, 5.74) is 0.393. The number of hydrogen-bond acceptors (Lipinski definition) is 7. The lowest BCUT2D eigenvalue weighted by atomic mass is 10.4. The van der Waals surface area contributed by atoms with E-state index in [0.29, 0.717) is 5.69 Å². The van der Waals surface area contributed by atoms with E-state index in [1.807, 2.05) is 0 Å². The van der Waals surface area contributed by atoms with E-state index in [2.05, 4.69) is 29.6 Å². The average molecular weight is 373 g/mol. The number of rotatable bonds is 1. The molecular weight excluding hydrogens is 367 g/mol. The summed E-state index contributed by atoms with van der Waals surface area (Å²) < 4.78 is 4.86. The van der Waals surface area contributed by atoms with Gasteiger partial charge in [-0.25, -0.2) is 9.97 Å². The van der Waals surface area contributed by atoms with Crippen molar-refractivity contribution in [2.24, 2.45) is 0 Å². The molecule has 0 bridgehead atoms. The van der Waals surface area contributed by atoms with Crippen molar-refractivity contribution in [3.05, 3.63) is 50.2 Å². The Labute approximate surface area is 152 Å². The van der Waals surface area contributed by atoms with E-state index < -0.39 is 0 Å². The van der Waals surface area contributed by atoms with Crippen LogP contribution in [0.15, 0.2) is 0 Å². The number of aromatic nitrogens is 4. The number of halogens is 2. The second-order valence-electron chi connectivity index (χ2n) is 3.92. The van der Waals surface area contributed by atoms with E-state index in [-0.39, 0.29) is 39.2 Å². The molecule has 0 saturated heterocycles. The zero-order valence-electron chi connectivity index (χ0n) is 12.7. The molecule has 0 spiro atoms. The minimum absolute atomic E-state index is 0.00236. The highest BCUT2D eigenvalue weighted by Crippen LogP contribution is 2.23. The minimum atomic E-state index is -0.132. The third-order valence-electron chi connectivity index (χ3n) is 2.42. The van der Waals surface area contributed by atoms with E-state index in [1.165, 1.54) is 7.11 Å². The van der Waals surface area contributed by atoms with Crippen molar-refractivity contribution in [1.29, 1.82) is 10.5 Å². The highest BCUT2D eigenvalue weighted by Gasteiger charge is 2.13. The fraction of sp³-hybridized carbons (Fsp3) is 0.143. The van der Waals surface area contributed by atoms with E-state index in [9.17, 15) is 0 Å². The molecule has 9 nitrogen and oxygen atoms in total. The van der Waals surface area contributed by atoms with Gasteiger partial charge >= 0.3 is 11.6 Å². The third kappa shape index (κ3) is 4.73. The van der Waals surface area contributed by atoms with Gasteiger partial charge in [-0.15, -0.1) is 9.97 Å². The summed E-state index contributed by atoms with van der Waals surface area (Å²) in [6.45, 7) is 15.0. The summed E-state index contributed by atoms with van der Waals surface area (Å²) in [6, 6.07) is 3.47. The quantitative estimate of drug-likeness (QED) is 0.703. The second-order valence-corrected chi connectivity index (χ2v) is 4.63. The van der Waals surface area contributed by atoms with Crippen LogP contribution in [0.3, 0.4) is 0 Å². The average Bonchev–Trinajstić information content (AvgIpc) is 2.63. The lowest BCUT2D eigenvalue weighted by molar-refractivity contribution is 0.391. The molecule has 0 aromatic carbocycles. The second kappa shape index (κ2) is 8.96. The van der Waals surface area contributed by atoms with Crippen LogP contribution in [-0.4, -0.2) is 27.0 Å². The Kier molecular flexibility index (Phi) is 7.00. The SMILES string of the molecule is [C-]#[N+]c1nc(C)c(OC)nc1C#N.[C-]#[N+]c1nc(Cl)c(Cl)nc1C#N. The van der Waals surface area contributed by atoms with Crippen molar-refractivity contribution < 1.29 is 4.74 Å². The van der Waals surface area contributed by atoms with Crippen molar-refractivity contribution in [2.45, 2.75) is 6.92 Å². The number of ether oxygens (including phenoxy) is 1. The van der Waals surface area contributed by atoms with Crippen LogP contribution in [0.4, 0.5) is 11.6 Å². The predicted molar refractivity (Wildman–Crippen MR) is 87.3 cm³/mol. The van der Waals surface area contributed by atoms with Crippen LogP contribution in [0.25, 0.3) is 9.69 Å². The van der Waals surface area contributed by atoms with E-state index >= 15 is 0 Å². The minimum Gasteiger partial charge on any atom is -0.478 e. The van der Waals surface area contributed by atoms with Gasteiger partial charge in [-0.05, 0) is 11.6 Å². The number of nitriles is 2. The molecule has 2 aromatic rings. The summed E-state index contributed by atoms with van der Waals surface area (Å²) in [6.07, 6.45) is 0. The van der Waals surface area contributed by atoms with Crippen LogP contribution in [0.1, 0.15) is 17.1 Å². The van der Waals surface area contributed by atoms with Gasteiger partial charge in [-0.1, -0.05) is 24.7 Å². The molecule has 0 amide bonds. The van der Waals surface area contributed by atoms with Crippen LogP contribution >= 0.6 is 23.2 Å². The van der Waals surface area contributed by atoms with Crippen molar-refractivity contribution in [3.8, 4) is 18.0 Å². The normalized spacial score (nSPS) is 8.64. The first-order valence-corrected chi connectivity index (χ1v) is 6.88. The molecule has 0 atom stereocenters. The van der Waals surface area contributed by atoms with Gasteiger partial charge in [-0.3, -0.25) is 0 Å². The van der Waals surface area contributed by atoms with Gasteiger partial charge in [0.1, 0.15) is 12.1 Å². The number of aryl methyl sites for hydroxylation is 1. The van der Waals surface area contributed by atoms with Gasteiger partial charge in [0.15, 0.2) is 22.2 Å². The monoisotopic (exact) mass is 372 g/mol. The molecule has 11 heteroatoms. The molecule has 0 saturated carbocycles. The molecule has 2 heterocycles. The Morgan fingerprint density at radius 3 is 1.88 bits per heavy atom. The number of hydrogen-bond donors (Lipinski definition) is 0. The zero-order valence-corrected chi connectivity index (χ0v) is 14.3. The summed E-state index contributed by atoms with van der Waals surface area (Å²) >= 11 is 10.9. The van der Waals surface area contributed by atoms with Gasteiger partial charge in [-0.2, -0.15) is 10.5 Å². The van der Waals surface area contributed by atoms with E-state index in [1.54, 1.807) is 19.1 Å². The van der Waals surface area contributed by atoms with Gasteiger partial charge < -0.3 is 14.4 Å². The van der Waals surface area contributed by atoms with E-state index in [4.69, 9.17) is 51.6 Å². The van der Waals surface area contributed by atoms with Crippen molar-refractivity contribution in [2.75, 3.05) is 7.11 Å². The van der Waals surface area contributed by atoms with Crippen molar-refractivity contribution >= 4 is 34.8 Å². The fourth-order valence-electron chi connectivity index (χ4n) is 1.38. The summed E-state index contributed by atoms with van der Waals surface area (Å²) in [7, 11) is 1.44. The van der Waals surface area contributed by atoms with Crippen LogP contribution in [0.5, 0.6) is 5.88 Å². The maximum absolute atomic E-state index is 8.61. The molecule has 0 aliphatic rings. The molecule has 25 heavy (non-hydrogen) atoms.